The van der Waals surface area contributed by atoms with E-state index < -0.39 is 12.2 Å². The minimum Gasteiger partial charge on any atom is -0.491 e. The highest BCUT2D eigenvalue weighted by Crippen LogP contribution is 2.37. The molecule has 4 aliphatic heterocycles. The standard InChI is InChI=1S/C28H42N6O3.C26H40N6O3/c1-19-15-25(19)33-9-11-34(12-10-33)28-20(2)26(30-22-7-13-36-14-8-22)31-27(32-28)21-5-4-6-24(16-21)37-18-23(35)17-29-3;1-18-23(29-20-8-12-34-13-9-20)30-24(31-25(18)32-11-10-28-26(2,3)17-32)19-6-5-7-22(14-19)35-16-21(33)15-27-4/h4-6,16,19,22-23,25,29,35H,7-15,17-18H2,1-3H3,(H,30,31,32);5-7,14,20-21,27-28,33H,8-13,15-17H2,1-4H3,(H,29,30,31). The Morgan fingerprint density at radius 1 is 0.694 bits per heavy atom. The fraction of sp³-hybridized carbons (Fsp3) is 0.630. The van der Waals surface area contributed by atoms with E-state index in [-0.39, 0.29) is 18.8 Å². The minimum atomic E-state index is -0.572. The topological polar surface area (TPSA) is 199 Å². The van der Waals surface area contributed by atoms with Crippen LogP contribution in [0, 0.1) is 19.8 Å². The molecule has 5 fully saturated rings. The van der Waals surface area contributed by atoms with Gasteiger partial charge in [-0.05, 0) is 104 Å². The van der Waals surface area contributed by atoms with Crippen molar-refractivity contribution < 1.29 is 29.2 Å². The summed E-state index contributed by atoms with van der Waals surface area (Å²) in [4.78, 5) is 27.6. The molecule has 0 bridgehead atoms. The van der Waals surface area contributed by atoms with Crippen molar-refractivity contribution in [2.24, 2.45) is 5.92 Å². The van der Waals surface area contributed by atoms with Crippen molar-refractivity contribution in [2.45, 2.75) is 103 Å². The van der Waals surface area contributed by atoms with Gasteiger partial charge in [-0.15, -0.1) is 0 Å². The van der Waals surface area contributed by atoms with Crippen molar-refractivity contribution >= 4 is 23.3 Å². The normalized spacial score (nSPS) is 21.6. The van der Waals surface area contributed by atoms with E-state index in [1.165, 1.54) is 6.42 Å². The lowest BCUT2D eigenvalue weighted by atomic mass is 10.0. The van der Waals surface area contributed by atoms with Crippen LogP contribution >= 0.6 is 0 Å². The Morgan fingerprint density at radius 3 is 1.61 bits per heavy atom. The summed E-state index contributed by atoms with van der Waals surface area (Å²) in [6.07, 6.45) is 4.08. The molecule has 18 heteroatoms. The number of anilines is 4. The van der Waals surface area contributed by atoms with E-state index in [2.05, 4.69) is 75.9 Å². The maximum absolute atomic E-state index is 10.0. The first-order valence-electron chi connectivity index (χ1n) is 26.4. The molecule has 0 spiro atoms. The quantitative estimate of drug-likeness (QED) is 0.0681. The number of hydrogen-bond acceptors (Lipinski definition) is 18. The van der Waals surface area contributed by atoms with Crippen molar-refractivity contribution in [3.63, 3.8) is 0 Å². The summed E-state index contributed by atoms with van der Waals surface area (Å²) in [5, 5.41) is 36.9. The van der Waals surface area contributed by atoms with Gasteiger partial charge in [-0.1, -0.05) is 31.2 Å². The van der Waals surface area contributed by atoms with Gasteiger partial charge < -0.3 is 65.5 Å². The summed E-state index contributed by atoms with van der Waals surface area (Å²) in [6, 6.07) is 17.1. The molecule has 5 aliphatic rings. The number of rotatable bonds is 19. The summed E-state index contributed by atoms with van der Waals surface area (Å²) in [5.41, 5.74) is 3.97. The van der Waals surface area contributed by atoms with Crippen LogP contribution in [0.1, 0.15) is 64.0 Å². The third kappa shape index (κ3) is 14.6. The summed E-state index contributed by atoms with van der Waals surface area (Å²) < 4.78 is 22.8. The number of benzene rings is 2. The fourth-order valence-electron chi connectivity index (χ4n) is 10.1. The molecule has 4 atom stereocenters. The highest BCUT2D eigenvalue weighted by atomic mass is 16.5. The van der Waals surface area contributed by atoms with Gasteiger partial charge in [0.2, 0.25) is 0 Å². The number of aliphatic hydroxyl groups excluding tert-OH is 2. The molecular formula is C54H82N12O6. The van der Waals surface area contributed by atoms with Crippen molar-refractivity contribution in [1.29, 1.82) is 0 Å². The van der Waals surface area contributed by atoms with Crippen molar-refractivity contribution in [1.82, 2.24) is 40.8 Å². The van der Waals surface area contributed by atoms with Crippen LogP contribution in [-0.2, 0) is 9.47 Å². The Bertz CT molecular complexity index is 2340. The maximum atomic E-state index is 10.0. The van der Waals surface area contributed by atoms with Crippen LogP contribution in [0.2, 0.25) is 0 Å². The number of piperazine rings is 2. The largest absolute Gasteiger partial charge is 0.491 e. The lowest BCUT2D eigenvalue weighted by molar-refractivity contribution is 0.0902. The Labute approximate surface area is 427 Å². The summed E-state index contributed by atoms with van der Waals surface area (Å²) in [6.45, 7) is 22.3. The number of nitrogens with zero attached hydrogens (tertiary/aromatic N) is 7. The first kappa shape index (κ1) is 53.4. The van der Waals surface area contributed by atoms with Gasteiger partial charge in [-0.2, -0.15) is 0 Å². The minimum absolute atomic E-state index is 0.00599. The molecule has 7 N–H and O–H groups in total. The van der Waals surface area contributed by atoms with Gasteiger partial charge >= 0.3 is 0 Å². The van der Waals surface area contributed by atoms with E-state index in [4.69, 9.17) is 38.9 Å². The Kier molecular flexibility index (Phi) is 18.8. The van der Waals surface area contributed by atoms with Gasteiger partial charge in [0.25, 0.3) is 0 Å². The van der Waals surface area contributed by atoms with Gasteiger partial charge in [0.05, 0.1) is 0 Å². The Morgan fingerprint density at radius 2 is 1.17 bits per heavy atom. The maximum Gasteiger partial charge on any atom is 0.164 e. The number of aliphatic hydroxyl groups is 2. The average molecular weight is 995 g/mol. The SMILES string of the molecule is CNCC(O)COc1cccc(-c2nc(NC3CCOCC3)c(C)c(N3CCN(C4CC4C)CC3)n2)c1.CNCC(O)COc1cccc(-c2nc(NC3CCOCC3)c(C)c(N3CCNC(C)(C)C3)n2)c1. The lowest BCUT2D eigenvalue weighted by Gasteiger charge is -2.40. The second-order valence-electron chi connectivity index (χ2n) is 20.9. The fourth-order valence-corrected chi connectivity index (χ4v) is 10.1. The summed E-state index contributed by atoms with van der Waals surface area (Å²) >= 11 is 0. The Balaban J connectivity index is 0.000000193. The third-order valence-corrected chi connectivity index (χ3v) is 14.3. The molecule has 0 radical (unpaired) electrons. The molecule has 0 amide bonds. The van der Waals surface area contributed by atoms with E-state index in [1.54, 1.807) is 0 Å². The molecule has 4 aromatic rings. The van der Waals surface area contributed by atoms with E-state index in [0.717, 1.165) is 155 Å². The van der Waals surface area contributed by atoms with Gasteiger partial charge in [-0.25, -0.2) is 19.9 Å². The molecule has 72 heavy (non-hydrogen) atoms. The smallest absolute Gasteiger partial charge is 0.164 e. The van der Waals surface area contributed by atoms with Crippen LogP contribution in [0.3, 0.4) is 0 Å². The molecule has 6 heterocycles. The van der Waals surface area contributed by atoms with E-state index in [9.17, 15) is 10.2 Å². The first-order valence-corrected chi connectivity index (χ1v) is 26.4. The highest BCUT2D eigenvalue weighted by Gasteiger charge is 2.39. The monoisotopic (exact) mass is 995 g/mol. The molecule has 394 valence electrons. The molecule has 4 saturated heterocycles. The second-order valence-corrected chi connectivity index (χ2v) is 20.9. The molecule has 2 aromatic carbocycles. The van der Waals surface area contributed by atoms with Crippen LogP contribution in [0.5, 0.6) is 11.5 Å². The second kappa shape index (κ2) is 25.3. The number of hydrogen-bond donors (Lipinski definition) is 7. The molecule has 2 aromatic heterocycles. The van der Waals surface area contributed by atoms with E-state index in [1.807, 2.05) is 62.6 Å². The van der Waals surface area contributed by atoms with E-state index >= 15 is 0 Å². The number of likely N-dealkylation sites (N-methyl/N-ethyl adjacent to an activating group) is 2. The van der Waals surface area contributed by atoms with Crippen molar-refractivity contribution in [3.8, 4) is 34.3 Å². The van der Waals surface area contributed by atoms with Gasteiger partial charge in [0.15, 0.2) is 11.6 Å². The van der Waals surface area contributed by atoms with Crippen LogP contribution in [0.4, 0.5) is 23.3 Å². The predicted molar refractivity (Wildman–Crippen MR) is 286 cm³/mol. The van der Waals surface area contributed by atoms with Crippen molar-refractivity contribution in [3.05, 3.63) is 59.7 Å². The zero-order valence-electron chi connectivity index (χ0n) is 43.9. The molecule has 1 aliphatic carbocycles. The van der Waals surface area contributed by atoms with Crippen LogP contribution in [0.25, 0.3) is 22.8 Å². The van der Waals surface area contributed by atoms with Crippen LogP contribution in [-0.4, -0.2) is 184 Å². The number of ether oxygens (including phenoxy) is 4. The third-order valence-electron chi connectivity index (χ3n) is 14.3. The van der Waals surface area contributed by atoms with E-state index in [0.29, 0.717) is 48.3 Å². The van der Waals surface area contributed by atoms with Gasteiger partial charge in [-0.3, -0.25) is 4.90 Å². The summed E-state index contributed by atoms with van der Waals surface area (Å²) in [5.74, 6) is 7.34. The molecule has 1 saturated carbocycles. The first-order chi connectivity index (χ1) is 34.9. The number of aromatic nitrogens is 4. The van der Waals surface area contributed by atoms with Crippen LogP contribution < -0.4 is 45.9 Å². The molecule has 18 nitrogen and oxygen atoms in total. The van der Waals surface area contributed by atoms with Gasteiger partial charge in [0, 0.05) is 131 Å². The van der Waals surface area contributed by atoms with Crippen LogP contribution in [0.15, 0.2) is 48.5 Å². The van der Waals surface area contributed by atoms with Gasteiger partial charge in [0.1, 0.15) is 60.2 Å². The van der Waals surface area contributed by atoms with Crippen molar-refractivity contribution in [2.75, 3.05) is 133 Å². The predicted octanol–water partition coefficient (Wildman–Crippen LogP) is 4.72. The average Bonchev–Trinajstić information content (AvgIpc) is 4.13. The molecule has 9 rings (SSSR count). The molecule has 4 unspecified atom stereocenters. The highest BCUT2D eigenvalue weighted by molar-refractivity contribution is 5.69. The number of nitrogens with one attached hydrogen (secondary N) is 5. The summed E-state index contributed by atoms with van der Waals surface area (Å²) in [7, 11) is 3.62. The Hall–Kier alpha value is -4.92. The zero-order chi connectivity index (χ0) is 50.6. The lowest BCUT2D eigenvalue weighted by Crippen LogP contribution is -2.57. The molecular weight excluding hydrogens is 913 g/mol. The zero-order valence-corrected chi connectivity index (χ0v) is 43.9.